The second-order valence-electron chi connectivity index (χ2n) is 8.98. The van der Waals surface area contributed by atoms with Gasteiger partial charge in [-0.05, 0) is 30.5 Å². The number of aromatic nitrogens is 2. The smallest absolute Gasteiger partial charge is 0.419 e. The maximum Gasteiger partial charge on any atom is 0.419 e. The van der Waals surface area contributed by atoms with E-state index in [1.807, 2.05) is 0 Å². The van der Waals surface area contributed by atoms with E-state index in [1.54, 1.807) is 11.0 Å². The fourth-order valence-corrected chi connectivity index (χ4v) is 5.14. The number of rotatable bonds is 3. The van der Waals surface area contributed by atoms with Crippen LogP contribution < -0.4 is 0 Å². The van der Waals surface area contributed by atoms with E-state index >= 15 is 0 Å². The van der Waals surface area contributed by atoms with E-state index in [2.05, 4.69) is 4.98 Å². The first-order valence-corrected chi connectivity index (χ1v) is 11.7. The molecule has 1 unspecified atom stereocenters. The zero-order chi connectivity index (χ0) is 24.9. The quantitative estimate of drug-likeness (QED) is 0.632. The molecular weight excluding hydrogens is 489 g/mol. The Morgan fingerprint density at radius 1 is 1.17 bits per heavy atom. The molecule has 2 aromatic heterocycles. The van der Waals surface area contributed by atoms with Crippen LogP contribution in [0.1, 0.15) is 53.2 Å². The summed E-state index contributed by atoms with van der Waals surface area (Å²) in [6.45, 7) is 0.443. The Balaban J connectivity index is 1.42. The summed E-state index contributed by atoms with van der Waals surface area (Å²) in [6.07, 6.45) is 1.83. The SMILES string of the molecule is O=C1CCC(N2CCN(C(=O)c3nc4c(C(F)(F)F)cc(C5C=COC5)cn4c3Cl)CC2=O)CC1. The molecule has 1 saturated carbocycles. The first-order chi connectivity index (χ1) is 16.6. The van der Waals surface area contributed by atoms with Gasteiger partial charge in [0.25, 0.3) is 5.91 Å². The van der Waals surface area contributed by atoms with Crippen LogP contribution in [0.25, 0.3) is 5.65 Å². The van der Waals surface area contributed by atoms with E-state index < -0.39 is 23.3 Å². The summed E-state index contributed by atoms with van der Waals surface area (Å²) in [7, 11) is 0. The van der Waals surface area contributed by atoms with Crippen molar-refractivity contribution in [1.82, 2.24) is 19.2 Å². The number of nitrogens with zero attached hydrogens (tertiary/aromatic N) is 4. The average molecular weight is 511 g/mol. The molecule has 1 atom stereocenters. The van der Waals surface area contributed by atoms with E-state index in [-0.39, 0.29) is 60.7 Å². The van der Waals surface area contributed by atoms with Crippen molar-refractivity contribution < 1.29 is 32.3 Å². The standard InChI is InChI=1S/C23H22ClF3N4O4/c24-20-19(22(34)29-6-7-30(18(33)11-29)15-1-3-16(32)4-2-15)28-21-17(23(25,26)27)9-14(10-31(20)21)13-5-8-35-12-13/h5,8-10,13,15H,1-4,6-7,11-12H2. The number of carbonyl (C=O) groups excluding carboxylic acids is 3. The van der Waals surface area contributed by atoms with E-state index in [4.69, 9.17) is 16.3 Å². The van der Waals surface area contributed by atoms with Crippen LogP contribution in [0.2, 0.25) is 5.15 Å². The molecule has 0 bridgehead atoms. The maximum absolute atomic E-state index is 13.9. The van der Waals surface area contributed by atoms with Crippen molar-refractivity contribution in [3.8, 4) is 0 Å². The minimum atomic E-state index is -4.72. The molecule has 1 aliphatic carbocycles. The molecule has 0 radical (unpaired) electrons. The Morgan fingerprint density at radius 2 is 1.91 bits per heavy atom. The van der Waals surface area contributed by atoms with Gasteiger partial charge in [-0.25, -0.2) is 4.98 Å². The number of fused-ring (bicyclic) bond motifs is 1. The Hall–Kier alpha value is -3.08. The fraction of sp³-hybridized carbons (Fsp3) is 0.478. The summed E-state index contributed by atoms with van der Waals surface area (Å²) in [6, 6.07) is 0.950. The van der Waals surface area contributed by atoms with E-state index in [0.29, 0.717) is 31.2 Å². The van der Waals surface area contributed by atoms with Gasteiger partial charge in [0, 0.05) is 44.1 Å². The van der Waals surface area contributed by atoms with Crippen molar-refractivity contribution in [2.45, 2.75) is 43.8 Å². The van der Waals surface area contributed by atoms with E-state index in [9.17, 15) is 27.6 Å². The second kappa shape index (κ2) is 8.85. The van der Waals surface area contributed by atoms with Gasteiger partial charge in [0.05, 0.1) is 18.4 Å². The summed E-state index contributed by atoms with van der Waals surface area (Å²) in [5, 5.41) is -0.249. The number of ketones is 1. The molecular formula is C23H22ClF3N4O4. The molecule has 2 amide bonds. The lowest BCUT2D eigenvalue weighted by molar-refractivity contribution is -0.139. The molecule has 8 nitrogen and oxygen atoms in total. The summed E-state index contributed by atoms with van der Waals surface area (Å²) in [5.41, 5.74) is -1.50. The molecule has 12 heteroatoms. The molecule has 0 aromatic carbocycles. The third-order valence-corrected chi connectivity index (χ3v) is 7.16. The van der Waals surface area contributed by atoms with Gasteiger partial charge in [-0.3, -0.25) is 18.8 Å². The molecule has 2 aromatic rings. The number of Topliss-reactive ketones (excluding diaryl/α,β-unsaturated/α-hetero) is 1. The van der Waals surface area contributed by atoms with E-state index in [1.165, 1.54) is 17.4 Å². The molecule has 1 saturated heterocycles. The fourth-order valence-electron chi connectivity index (χ4n) is 4.89. The molecule has 0 spiro atoms. The molecule has 2 aliphatic heterocycles. The van der Waals surface area contributed by atoms with Gasteiger partial charge < -0.3 is 14.5 Å². The van der Waals surface area contributed by atoms with Crippen molar-refractivity contribution >= 4 is 34.8 Å². The topological polar surface area (TPSA) is 84.2 Å². The number of carbonyl (C=O) groups is 3. The zero-order valence-electron chi connectivity index (χ0n) is 18.6. The summed E-state index contributed by atoms with van der Waals surface area (Å²) in [5.74, 6) is -1.18. The number of hydrogen-bond acceptors (Lipinski definition) is 5. The summed E-state index contributed by atoms with van der Waals surface area (Å²) < 4.78 is 47.8. The third kappa shape index (κ3) is 4.37. The summed E-state index contributed by atoms with van der Waals surface area (Å²) >= 11 is 6.38. The lowest BCUT2D eigenvalue weighted by Gasteiger charge is -2.40. The minimum Gasteiger partial charge on any atom is -0.501 e. The Morgan fingerprint density at radius 3 is 2.54 bits per heavy atom. The van der Waals surface area contributed by atoms with Gasteiger partial charge in [0.2, 0.25) is 5.91 Å². The molecule has 186 valence electrons. The highest BCUT2D eigenvalue weighted by Gasteiger charge is 2.38. The van der Waals surface area contributed by atoms with Crippen LogP contribution in [0, 0.1) is 0 Å². The van der Waals surface area contributed by atoms with Crippen LogP contribution in [0.15, 0.2) is 24.6 Å². The monoisotopic (exact) mass is 510 g/mol. The van der Waals surface area contributed by atoms with Crippen molar-refractivity contribution in [1.29, 1.82) is 0 Å². The van der Waals surface area contributed by atoms with Crippen LogP contribution in [-0.4, -0.2) is 69.1 Å². The van der Waals surface area contributed by atoms with Crippen LogP contribution in [-0.2, 0) is 20.5 Å². The first-order valence-electron chi connectivity index (χ1n) is 11.3. The number of amides is 2. The average Bonchev–Trinajstić information content (AvgIpc) is 3.47. The van der Waals surface area contributed by atoms with Crippen molar-refractivity contribution in [2.24, 2.45) is 0 Å². The summed E-state index contributed by atoms with van der Waals surface area (Å²) in [4.78, 5) is 44.4. The van der Waals surface area contributed by atoms with Crippen molar-refractivity contribution in [3.05, 3.63) is 46.6 Å². The van der Waals surface area contributed by atoms with Gasteiger partial charge >= 0.3 is 6.18 Å². The van der Waals surface area contributed by atoms with Crippen LogP contribution in [0.5, 0.6) is 0 Å². The maximum atomic E-state index is 13.9. The second-order valence-corrected chi connectivity index (χ2v) is 9.34. The number of hydrogen-bond donors (Lipinski definition) is 0. The highest BCUT2D eigenvalue weighted by atomic mass is 35.5. The number of pyridine rings is 1. The molecule has 2 fully saturated rings. The first kappa shape index (κ1) is 23.7. The highest BCUT2D eigenvalue weighted by molar-refractivity contribution is 6.33. The van der Waals surface area contributed by atoms with Crippen molar-refractivity contribution in [2.75, 3.05) is 26.2 Å². The highest BCUT2D eigenvalue weighted by Crippen LogP contribution is 2.37. The van der Waals surface area contributed by atoms with Crippen molar-refractivity contribution in [3.63, 3.8) is 0 Å². The zero-order valence-corrected chi connectivity index (χ0v) is 19.3. The minimum absolute atomic E-state index is 0.0439. The normalized spacial score (nSPS) is 21.8. The van der Waals surface area contributed by atoms with Gasteiger partial charge in [-0.1, -0.05) is 11.6 Å². The molecule has 3 aliphatic rings. The van der Waals surface area contributed by atoms with Crippen LogP contribution in [0.4, 0.5) is 13.2 Å². The van der Waals surface area contributed by atoms with E-state index in [0.717, 1.165) is 10.5 Å². The van der Waals surface area contributed by atoms with Crippen LogP contribution >= 0.6 is 11.6 Å². The molecule has 5 rings (SSSR count). The van der Waals surface area contributed by atoms with Gasteiger partial charge in [0.15, 0.2) is 11.3 Å². The molecule has 35 heavy (non-hydrogen) atoms. The number of halogens is 4. The van der Waals surface area contributed by atoms with Crippen LogP contribution in [0.3, 0.4) is 0 Å². The Labute approximate surface area is 203 Å². The third-order valence-electron chi connectivity index (χ3n) is 6.80. The molecule has 0 N–H and O–H groups in total. The lowest BCUT2D eigenvalue weighted by Crippen LogP contribution is -2.56. The number of imidazole rings is 1. The van der Waals surface area contributed by atoms with Gasteiger partial charge in [-0.2, -0.15) is 13.2 Å². The largest absolute Gasteiger partial charge is 0.501 e. The predicted molar refractivity (Wildman–Crippen MR) is 118 cm³/mol. The number of alkyl halides is 3. The Kier molecular flexibility index (Phi) is 5.98. The number of piperazine rings is 1. The van der Waals surface area contributed by atoms with Gasteiger partial charge in [-0.15, -0.1) is 0 Å². The Bertz CT molecular complexity index is 1230. The molecule has 4 heterocycles. The predicted octanol–water partition coefficient (Wildman–Crippen LogP) is 3.43. The number of ether oxygens (including phenoxy) is 1. The van der Waals surface area contributed by atoms with Gasteiger partial charge in [0.1, 0.15) is 17.5 Å². The lowest BCUT2D eigenvalue weighted by atomic mass is 9.92.